The van der Waals surface area contributed by atoms with Gasteiger partial charge in [0.05, 0.1) is 13.0 Å². The highest BCUT2D eigenvalue weighted by Gasteiger charge is 2.25. The molecule has 5 nitrogen and oxygen atoms in total. The largest absolute Gasteiger partial charge is 0.508 e. The summed E-state index contributed by atoms with van der Waals surface area (Å²) in [5.41, 5.74) is 3.28. The van der Waals surface area contributed by atoms with E-state index in [1.54, 1.807) is 12.1 Å². The zero-order chi connectivity index (χ0) is 31.8. The van der Waals surface area contributed by atoms with Crippen molar-refractivity contribution in [3.05, 3.63) is 77.4 Å². The Morgan fingerprint density at radius 2 is 1.20 bits per heavy atom. The first kappa shape index (κ1) is 37.1. The average molecular weight is 606 g/mol. The number of esters is 1. The number of carbonyl (C=O) groups is 2. The molecule has 0 radical (unpaired) electrons. The number of phenolic OH excluding ortho intramolecular Hbond substituents is 1. The number of ether oxygens (including phenoxy) is 1. The van der Waals surface area contributed by atoms with Crippen LogP contribution in [0.25, 0.3) is 0 Å². The number of benzene rings is 2. The zero-order valence-corrected chi connectivity index (χ0v) is 27.8. The highest BCUT2D eigenvalue weighted by atomic mass is 16.5. The summed E-state index contributed by atoms with van der Waals surface area (Å²) in [6.07, 6.45) is 25.4. The molecule has 2 atom stereocenters. The molecule has 0 unspecified atom stereocenters. The molecule has 0 aliphatic carbocycles. The van der Waals surface area contributed by atoms with Crippen molar-refractivity contribution in [1.82, 2.24) is 5.32 Å². The van der Waals surface area contributed by atoms with Gasteiger partial charge in [0.25, 0.3) is 0 Å². The number of hydrogen-bond acceptors (Lipinski definition) is 4. The number of aromatic hydroxyl groups is 1. The molecule has 2 aromatic rings. The second-order valence-corrected chi connectivity index (χ2v) is 12.5. The van der Waals surface area contributed by atoms with Crippen LogP contribution in [0.5, 0.6) is 5.75 Å². The predicted molar refractivity (Wildman–Crippen MR) is 183 cm³/mol. The van der Waals surface area contributed by atoms with Gasteiger partial charge in [-0.3, -0.25) is 4.79 Å². The summed E-state index contributed by atoms with van der Waals surface area (Å²) in [5.74, 6) is -0.586. The van der Waals surface area contributed by atoms with E-state index in [9.17, 15) is 14.7 Å². The average Bonchev–Trinajstić information content (AvgIpc) is 3.03. The molecule has 2 rings (SSSR count). The fraction of sp³-hybridized carbons (Fsp3) is 0.590. The fourth-order valence-corrected chi connectivity index (χ4v) is 5.77. The van der Waals surface area contributed by atoms with E-state index in [0.717, 1.165) is 24.8 Å². The summed E-state index contributed by atoms with van der Waals surface area (Å²) >= 11 is 0. The van der Waals surface area contributed by atoms with Crippen LogP contribution in [0.4, 0.5) is 0 Å². The van der Waals surface area contributed by atoms with Crippen LogP contribution in [-0.4, -0.2) is 24.1 Å². The number of hydrogen-bond donors (Lipinski definition) is 2. The molecule has 2 N–H and O–H groups in total. The Morgan fingerprint density at radius 3 is 1.70 bits per heavy atom. The Hall–Kier alpha value is -3.08. The summed E-state index contributed by atoms with van der Waals surface area (Å²) < 4.78 is 4.91. The maximum absolute atomic E-state index is 12.8. The first-order chi connectivity index (χ1) is 21.4. The van der Waals surface area contributed by atoms with Crippen molar-refractivity contribution >= 4 is 11.9 Å². The number of methoxy groups -OCH3 is 1. The van der Waals surface area contributed by atoms with Crippen molar-refractivity contribution in [3.8, 4) is 5.75 Å². The van der Waals surface area contributed by atoms with E-state index in [2.05, 4.69) is 12.2 Å². The fourth-order valence-electron chi connectivity index (χ4n) is 5.77. The SMILES string of the molecule is COC(=O)[C@@H](NC(=O)[C@H](C)/C=C(\C)CCCCCCCCCCCCCCCCCCc1ccc(O)cc1)c1ccccc1. The molecular formula is C39H59NO4. The molecule has 1 amide bonds. The third kappa shape index (κ3) is 16.7. The summed E-state index contributed by atoms with van der Waals surface area (Å²) in [6, 6.07) is 16.1. The van der Waals surface area contributed by atoms with Gasteiger partial charge in [-0.1, -0.05) is 151 Å². The van der Waals surface area contributed by atoms with Crippen LogP contribution in [-0.2, 0) is 20.7 Å². The Bertz CT molecular complexity index is 1060. The molecule has 0 aliphatic rings. The van der Waals surface area contributed by atoms with E-state index in [4.69, 9.17) is 4.74 Å². The van der Waals surface area contributed by atoms with Gasteiger partial charge in [-0.25, -0.2) is 4.79 Å². The van der Waals surface area contributed by atoms with Gasteiger partial charge in [-0.2, -0.15) is 0 Å². The molecular weight excluding hydrogens is 546 g/mol. The summed E-state index contributed by atoms with van der Waals surface area (Å²) in [6.45, 7) is 3.97. The van der Waals surface area contributed by atoms with Gasteiger partial charge in [-0.05, 0) is 55.9 Å². The van der Waals surface area contributed by atoms with E-state index >= 15 is 0 Å². The molecule has 0 aromatic heterocycles. The van der Waals surface area contributed by atoms with Crippen molar-refractivity contribution in [1.29, 1.82) is 0 Å². The lowest BCUT2D eigenvalue weighted by atomic mass is 10.0. The molecule has 5 heteroatoms. The van der Waals surface area contributed by atoms with Crippen molar-refractivity contribution in [2.45, 2.75) is 135 Å². The minimum Gasteiger partial charge on any atom is -0.508 e. The zero-order valence-electron chi connectivity index (χ0n) is 27.8. The quantitative estimate of drug-likeness (QED) is 0.0709. The Morgan fingerprint density at radius 1 is 0.727 bits per heavy atom. The molecule has 0 saturated carbocycles. The standard InChI is InChI=1S/C39H59NO4/c1-32(31-33(2)38(42)40-37(39(43)44-3)35-25-21-18-22-26-35)23-19-16-14-12-10-8-6-4-5-7-9-11-13-15-17-20-24-34-27-29-36(41)30-28-34/h18,21-22,25-31,33,37,41H,4-17,19-20,23-24H2,1-3H3,(H,40,42)/b32-31+/t33-,37+/m1/s1. The van der Waals surface area contributed by atoms with E-state index in [1.807, 2.05) is 55.5 Å². The smallest absolute Gasteiger partial charge is 0.333 e. The van der Waals surface area contributed by atoms with Crippen molar-refractivity contribution in [2.24, 2.45) is 5.92 Å². The Balaban J connectivity index is 1.40. The van der Waals surface area contributed by atoms with Crippen LogP contribution in [0, 0.1) is 5.92 Å². The summed E-state index contributed by atoms with van der Waals surface area (Å²) in [7, 11) is 1.34. The number of nitrogens with one attached hydrogen (secondary N) is 1. The highest BCUT2D eigenvalue weighted by Crippen LogP contribution is 2.19. The molecule has 2 aromatic carbocycles. The van der Waals surface area contributed by atoms with Crippen LogP contribution < -0.4 is 5.32 Å². The minimum atomic E-state index is -0.792. The molecule has 0 bridgehead atoms. The van der Waals surface area contributed by atoms with Crippen LogP contribution in [0.15, 0.2) is 66.2 Å². The number of rotatable bonds is 24. The van der Waals surface area contributed by atoms with Crippen molar-refractivity contribution < 1.29 is 19.4 Å². The monoisotopic (exact) mass is 605 g/mol. The van der Waals surface area contributed by atoms with E-state index in [0.29, 0.717) is 5.75 Å². The third-order valence-corrected chi connectivity index (χ3v) is 8.53. The van der Waals surface area contributed by atoms with Gasteiger partial charge in [0.15, 0.2) is 6.04 Å². The lowest BCUT2D eigenvalue weighted by molar-refractivity contribution is -0.145. The number of carbonyl (C=O) groups excluding carboxylic acids is 2. The van der Waals surface area contributed by atoms with Crippen LogP contribution in [0.3, 0.4) is 0 Å². The van der Waals surface area contributed by atoms with Crippen LogP contribution >= 0.6 is 0 Å². The van der Waals surface area contributed by atoms with Gasteiger partial charge in [0, 0.05) is 0 Å². The number of aryl methyl sites for hydroxylation is 1. The lowest BCUT2D eigenvalue weighted by Crippen LogP contribution is -2.37. The number of unbranched alkanes of at least 4 members (excludes halogenated alkanes) is 15. The first-order valence-corrected chi connectivity index (χ1v) is 17.3. The van der Waals surface area contributed by atoms with Gasteiger partial charge >= 0.3 is 5.97 Å². The number of allylic oxidation sites excluding steroid dienone is 1. The third-order valence-electron chi connectivity index (χ3n) is 8.53. The number of amides is 1. The maximum atomic E-state index is 12.8. The molecule has 0 aliphatic heterocycles. The topological polar surface area (TPSA) is 75.6 Å². The summed E-state index contributed by atoms with van der Waals surface area (Å²) in [4.78, 5) is 25.0. The second kappa shape index (κ2) is 23.3. The van der Waals surface area contributed by atoms with E-state index in [1.165, 1.54) is 115 Å². The van der Waals surface area contributed by atoms with Crippen molar-refractivity contribution in [2.75, 3.05) is 7.11 Å². The molecule has 0 saturated heterocycles. The molecule has 0 spiro atoms. The van der Waals surface area contributed by atoms with E-state index < -0.39 is 12.0 Å². The molecule has 44 heavy (non-hydrogen) atoms. The highest BCUT2D eigenvalue weighted by molar-refractivity contribution is 5.87. The van der Waals surface area contributed by atoms with Gasteiger partial charge in [0.1, 0.15) is 5.75 Å². The van der Waals surface area contributed by atoms with Gasteiger partial charge in [0.2, 0.25) is 5.91 Å². The van der Waals surface area contributed by atoms with Crippen molar-refractivity contribution in [3.63, 3.8) is 0 Å². The van der Waals surface area contributed by atoms with Gasteiger partial charge < -0.3 is 15.2 Å². The Labute approximate surface area is 267 Å². The first-order valence-electron chi connectivity index (χ1n) is 17.3. The normalized spacial score (nSPS) is 12.9. The molecule has 244 valence electrons. The second-order valence-electron chi connectivity index (χ2n) is 12.5. The minimum absolute atomic E-state index is 0.169. The molecule has 0 heterocycles. The maximum Gasteiger partial charge on any atom is 0.333 e. The lowest BCUT2D eigenvalue weighted by Gasteiger charge is -2.19. The van der Waals surface area contributed by atoms with Crippen LogP contribution in [0.1, 0.15) is 140 Å². The van der Waals surface area contributed by atoms with Gasteiger partial charge in [-0.15, -0.1) is 0 Å². The van der Waals surface area contributed by atoms with E-state index in [-0.39, 0.29) is 11.8 Å². The Kier molecular flexibility index (Phi) is 19.7. The number of phenols is 1. The predicted octanol–water partition coefficient (Wildman–Crippen LogP) is 10.2. The molecule has 0 fully saturated rings. The van der Waals surface area contributed by atoms with Crippen LogP contribution in [0.2, 0.25) is 0 Å². The summed E-state index contributed by atoms with van der Waals surface area (Å²) in [5, 5.41) is 12.2.